The van der Waals surface area contributed by atoms with Gasteiger partial charge in [-0.15, -0.1) is 11.3 Å². The van der Waals surface area contributed by atoms with Crippen molar-refractivity contribution in [1.82, 2.24) is 4.57 Å². The van der Waals surface area contributed by atoms with Crippen LogP contribution < -0.4 is 4.80 Å². The van der Waals surface area contributed by atoms with Gasteiger partial charge in [0.2, 0.25) is 0 Å². The van der Waals surface area contributed by atoms with Gasteiger partial charge >= 0.3 is 0 Å². The Hall–Kier alpha value is -1.10. The van der Waals surface area contributed by atoms with E-state index in [0.717, 1.165) is 10.6 Å². The summed E-state index contributed by atoms with van der Waals surface area (Å²) in [5.41, 5.74) is 0.321. The molecule has 0 unspecified atom stereocenters. The first kappa shape index (κ1) is 16.3. The van der Waals surface area contributed by atoms with Crippen LogP contribution in [0.3, 0.4) is 0 Å². The van der Waals surface area contributed by atoms with Crippen molar-refractivity contribution in [3.8, 4) is 5.69 Å². The number of nitrogens with zero attached hydrogens (tertiary/aromatic N) is 2. The Bertz CT molecular complexity index is 754. The molecule has 1 aromatic heterocycles. The molecule has 1 heterocycles. The zero-order valence-corrected chi connectivity index (χ0v) is 14.6. The van der Waals surface area contributed by atoms with Crippen molar-refractivity contribution in [2.75, 3.05) is 0 Å². The van der Waals surface area contributed by atoms with Crippen LogP contribution in [0.15, 0.2) is 29.4 Å². The molecule has 0 atom stereocenters. The van der Waals surface area contributed by atoms with Gasteiger partial charge in [-0.1, -0.05) is 44.0 Å². The number of carbonyl (C=O) groups excluding carboxylic acids is 1. The smallest absolute Gasteiger partial charge is 0.253 e. The van der Waals surface area contributed by atoms with E-state index < -0.39 is 5.41 Å². The zero-order valence-electron chi connectivity index (χ0n) is 12.3. The molecule has 0 aliphatic rings. The lowest BCUT2D eigenvalue weighted by Gasteiger charge is -2.12. The maximum Gasteiger partial charge on any atom is 0.253 e. The minimum atomic E-state index is -0.507. The lowest BCUT2D eigenvalue weighted by Crippen LogP contribution is -2.22. The van der Waals surface area contributed by atoms with E-state index in [9.17, 15) is 4.79 Å². The predicted molar refractivity (Wildman–Crippen MR) is 88.4 cm³/mol. The van der Waals surface area contributed by atoms with E-state index >= 15 is 0 Å². The van der Waals surface area contributed by atoms with Gasteiger partial charge in [-0.2, -0.15) is 4.99 Å². The summed E-state index contributed by atoms with van der Waals surface area (Å²) in [6.07, 6.45) is 1.93. The molecule has 0 saturated heterocycles. The van der Waals surface area contributed by atoms with Crippen LogP contribution in [0.25, 0.3) is 5.69 Å². The topological polar surface area (TPSA) is 34.4 Å². The number of thiazole rings is 1. The Labute approximate surface area is 137 Å². The number of rotatable bonds is 1. The molecule has 0 fully saturated rings. The summed E-state index contributed by atoms with van der Waals surface area (Å²) in [6.45, 7) is 7.52. The molecule has 2 rings (SSSR count). The van der Waals surface area contributed by atoms with E-state index in [1.807, 2.05) is 44.5 Å². The summed E-state index contributed by atoms with van der Waals surface area (Å²) in [4.78, 5) is 18.1. The average molecular weight is 343 g/mol. The summed E-state index contributed by atoms with van der Waals surface area (Å²) in [7, 11) is 0. The minimum Gasteiger partial charge on any atom is -0.292 e. The van der Waals surface area contributed by atoms with Crippen molar-refractivity contribution in [3.05, 3.63) is 44.1 Å². The fourth-order valence-electron chi connectivity index (χ4n) is 1.61. The van der Waals surface area contributed by atoms with E-state index in [1.165, 1.54) is 11.3 Å². The zero-order chi connectivity index (χ0) is 15.8. The molecule has 0 spiro atoms. The number of amides is 1. The Morgan fingerprint density at radius 1 is 1.24 bits per heavy atom. The summed E-state index contributed by atoms with van der Waals surface area (Å²) in [5.74, 6) is -0.154. The van der Waals surface area contributed by atoms with E-state index in [-0.39, 0.29) is 5.91 Å². The average Bonchev–Trinajstić information content (AvgIpc) is 2.72. The first-order chi connectivity index (χ1) is 9.68. The SMILES string of the molecule is Cc1cn(-c2ccc(Cl)c(Cl)c2)c(=NC(=O)C(C)(C)C)s1. The van der Waals surface area contributed by atoms with Crippen LogP contribution in [0.5, 0.6) is 0 Å². The van der Waals surface area contributed by atoms with Crippen LogP contribution in [-0.4, -0.2) is 10.5 Å². The summed E-state index contributed by atoms with van der Waals surface area (Å²) in [6, 6.07) is 5.34. The Balaban J connectivity index is 2.58. The van der Waals surface area contributed by atoms with Crippen molar-refractivity contribution in [3.63, 3.8) is 0 Å². The molecular weight excluding hydrogens is 327 g/mol. The number of hydrogen-bond acceptors (Lipinski definition) is 2. The van der Waals surface area contributed by atoms with Crippen LogP contribution in [-0.2, 0) is 4.79 Å². The highest BCUT2D eigenvalue weighted by Gasteiger charge is 2.21. The van der Waals surface area contributed by atoms with E-state index in [4.69, 9.17) is 23.2 Å². The highest BCUT2D eigenvalue weighted by atomic mass is 35.5. The molecule has 0 bridgehead atoms. The van der Waals surface area contributed by atoms with Crippen LogP contribution in [0.1, 0.15) is 25.6 Å². The van der Waals surface area contributed by atoms with Crippen molar-refractivity contribution >= 4 is 40.4 Å². The molecule has 112 valence electrons. The number of aromatic nitrogens is 1. The standard InChI is InChI=1S/C15H16Cl2N2OS/c1-9-8-19(10-5-6-11(16)12(17)7-10)14(21-9)18-13(20)15(2,3)4/h5-8H,1-4H3. The Kier molecular flexibility index (Phi) is 4.61. The molecule has 21 heavy (non-hydrogen) atoms. The lowest BCUT2D eigenvalue weighted by molar-refractivity contribution is -0.125. The molecule has 0 N–H and O–H groups in total. The highest BCUT2D eigenvalue weighted by molar-refractivity contribution is 7.09. The fraction of sp³-hybridized carbons (Fsp3) is 0.333. The molecule has 3 nitrogen and oxygen atoms in total. The second-order valence-corrected chi connectivity index (χ2v) is 7.79. The van der Waals surface area contributed by atoms with Gasteiger partial charge < -0.3 is 0 Å². The first-order valence-corrected chi connectivity index (χ1v) is 7.99. The summed E-state index contributed by atoms with van der Waals surface area (Å²) in [5, 5.41) is 0.968. The number of benzene rings is 1. The van der Waals surface area contributed by atoms with Gasteiger partial charge in [-0.05, 0) is 25.1 Å². The van der Waals surface area contributed by atoms with Gasteiger partial charge in [0.05, 0.1) is 10.0 Å². The summed E-state index contributed by atoms with van der Waals surface area (Å²) >= 11 is 13.5. The van der Waals surface area contributed by atoms with Gasteiger partial charge in [-0.25, -0.2) is 0 Å². The fourth-order valence-corrected chi connectivity index (χ4v) is 2.73. The quantitative estimate of drug-likeness (QED) is 0.743. The molecule has 1 aromatic carbocycles. The van der Waals surface area contributed by atoms with E-state index in [2.05, 4.69) is 4.99 Å². The minimum absolute atomic E-state index is 0.154. The normalized spacial score (nSPS) is 12.8. The summed E-state index contributed by atoms with van der Waals surface area (Å²) < 4.78 is 1.85. The Morgan fingerprint density at radius 2 is 1.90 bits per heavy atom. The highest BCUT2D eigenvalue weighted by Crippen LogP contribution is 2.24. The third-order valence-electron chi connectivity index (χ3n) is 2.79. The van der Waals surface area contributed by atoms with Crippen LogP contribution in [0.2, 0.25) is 10.0 Å². The van der Waals surface area contributed by atoms with Crippen molar-refractivity contribution in [1.29, 1.82) is 0 Å². The monoisotopic (exact) mass is 342 g/mol. The molecule has 2 aromatic rings. The van der Waals surface area contributed by atoms with Gasteiger partial charge in [0.15, 0.2) is 4.80 Å². The van der Waals surface area contributed by atoms with E-state index in [1.54, 1.807) is 12.1 Å². The number of halogens is 2. The molecule has 0 aliphatic carbocycles. The van der Waals surface area contributed by atoms with Gasteiger partial charge in [0, 0.05) is 22.2 Å². The molecule has 0 aliphatic heterocycles. The molecule has 1 amide bonds. The van der Waals surface area contributed by atoms with Gasteiger partial charge in [0.1, 0.15) is 0 Å². The Morgan fingerprint density at radius 3 is 2.48 bits per heavy atom. The number of carbonyl (C=O) groups is 1. The largest absolute Gasteiger partial charge is 0.292 e. The first-order valence-electron chi connectivity index (χ1n) is 6.42. The second kappa shape index (κ2) is 5.95. The van der Waals surface area contributed by atoms with Crippen LogP contribution in [0, 0.1) is 12.3 Å². The molecule has 0 radical (unpaired) electrons. The number of hydrogen-bond donors (Lipinski definition) is 0. The van der Waals surface area contributed by atoms with Crippen LogP contribution in [0.4, 0.5) is 0 Å². The third kappa shape index (κ3) is 3.76. The van der Waals surface area contributed by atoms with E-state index in [0.29, 0.717) is 14.8 Å². The predicted octanol–water partition coefficient (Wildman–Crippen LogP) is 4.63. The third-order valence-corrected chi connectivity index (χ3v) is 4.43. The van der Waals surface area contributed by atoms with Gasteiger partial charge in [0.25, 0.3) is 5.91 Å². The second-order valence-electron chi connectivity index (χ2n) is 5.76. The molecular formula is C15H16Cl2N2OS. The lowest BCUT2D eigenvalue weighted by atomic mass is 9.96. The maximum atomic E-state index is 12.1. The van der Waals surface area contributed by atoms with Crippen molar-refractivity contribution in [2.45, 2.75) is 27.7 Å². The molecule has 0 saturated carbocycles. The maximum absolute atomic E-state index is 12.1. The van der Waals surface area contributed by atoms with Gasteiger partial charge in [-0.3, -0.25) is 9.36 Å². The number of aryl methyl sites for hydroxylation is 1. The van der Waals surface area contributed by atoms with Crippen LogP contribution >= 0.6 is 34.5 Å². The van der Waals surface area contributed by atoms with Crippen molar-refractivity contribution < 1.29 is 4.79 Å². The van der Waals surface area contributed by atoms with Crippen molar-refractivity contribution in [2.24, 2.45) is 10.4 Å². The molecule has 6 heteroatoms.